The summed E-state index contributed by atoms with van der Waals surface area (Å²) in [5.41, 5.74) is 2.92. The lowest BCUT2D eigenvalue weighted by Crippen LogP contribution is -1.93. The molecular weight excluding hydrogens is 463 g/mol. The van der Waals surface area contributed by atoms with E-state index in [1.807, 2.05) is 30.3 Å². The normalized spacial score (nSPS) is 10.6. The van der Waals surface area contributed by atoms with E-state index in [-0.39, 0.29) is 0 Å². The molecule has 3 aromatic rings. The van der Waals surface area contributed by atoms with E-state index in [9.17, 15) is 0 Å². The number of nitrogens with one attached hydrogen (secondary N) is 2. The number of hydrogen-bond donors (Lipinski definition) is 2. The average Bonchev–Trinajstić information content (AvgIpc) is 2.90. The fraction of sp³-hybridized carbons (Fsp3) is 0. The average molecular weight is 473 g/mol. The topological polar surface area (TPSA) is 41.0 Å². The fourth-order valence-corrected chi connectivity index (χ4v) is 2.80. The molecule has 2 N–H and O–H groups in total. The molecule has 6 heteroatoms. The maximum Gasteiger partial charge on any atom is 0.167 e. The van der Waals surface area contributed by atoms with Crippen molar-refractivity contribution in [3.63, 3.8) is 0 Å². The number of aromatic nitrogens is 1. The van der Waals surface area contributed by atoms with E-state index in [2.05, 4.69) is 61.1 Å². The van der Waals surface area contributed by atoms with Gasteiger partial charge in [0.05, 0.1) is 0 Å². The van der Waals surface area contributed by atoms with Crippen LogP contribution in [0.15, 0.2) is 57.5 Å². The van der Waals surface area contributed by atoms with Crippen LogP contribution in [0.3, 0.4) is 0 Å². The molecule has 0 bridgehead atoms. The van der Waals surface area contributed by atoms with Crippen molar-refractivity contribution in [3.8, 4) is 11.3 Å². The van der Waals surface area contributed by atoms with Crippen LogP contribution in [0.5, 0.6) is 0 Å². The van der Waals surface area contributed by atoms with Gasteiger partial charge in [-0.25, -0.2) is 5.16 Å². The first kappa shape index (κ1) is 14.8. The lowest BCUT2D eigenvalue weighted by atomic mass is 10.1. The smallest absolute Gasteiger partial charge is 0.167 e. The second-order valence-corrected chi connectivity index (χ2v) is 7.00. The molecule has 0 saturated heterocycles. The quantitative estimate of drug-likeness (QED) is 0.356. The van der Waals surface area contributed by atoms with Crippen LogP contribution in [-0.4, -0.2) is 5.16 Å². The first-order chi connectivity index (χ1) is 10.1. The minimum atomic E-state index is 0.574. The van der Waals surface area contributed by atoms with Gasteiger partial charge in [0.2, 0.25) is 0 Å². The fourth-order valence-electron chi connectivity index (χ4n) is 1.93. The van der Waals surface area contributed by atoms with Crippen LogP contribution >= 0.6 is 50.7 Å². The molecule has 21 heavy (non-hydrogen) atoms. The van der Waals surface area contributed by atoms with Gasteiger partial charge >= 0.3 is 0 Å². The molecule has 0 spiro atoms. The van der Waals surface area contributed by atoms with Gasteiger partial charge in [-0.05, 0) is 65.1 Å². The van der Waals surface area contributed by atoms with Crippen molar-refractivity contribution in [2.75, 3.05) is 5.32 Å². The Balaban J connectivity index is 2.02. The first-order valence-corrected chi connectivity index (χ1v) is 8.41. The summed E-state index contributed by atoms with van der Waals surface area (Å²) in [7, 11) is 0. The predicted octanol–water partition coefficient (Wildman–Crippen LogP) is 6.11. The summed E-state index contributed by atoms with van der Waals surface area (Å²) in [6.45, 7) is 0. The summed E-state index contributed by atoms with van der Waals surface area (Å²) in [5.74, 6) is 0.703. The number of anilines is 2. The largest absolute Gasteiger partial charge is 0.381 e. The van der Waals surface area contributed by atoms with Gasteiger partial charge in [-0.2, -0.15) is 0 Å². The highest BCUT2D eigenvalue weighted by atomic mass is 127. The molecule has 3 rings (SSSR count). The number of aromatic amines is 1. The van der Waals surface area contributed by atoms with Crippen LogP contribution in [0, 0.1) is 8.21 Å². The molecule has 0 aliphatic heterocycles. The maximum atomic E-state index is 5.41. The lowest BCUT2D eigenvalue weighted by molar-refractivity contribution is 0.430. The summed E-state index contributed by atoms with van der Waals surface area (Å²) in [5, 5.41) is 6.08. The Hall–Kier alpha value is -1.12. The van der Waals surface area contributed by atoms with Crippen LogP contribution in [0.1, 0.15) is 0 Å². The van der Waals surface area contributed by atoms with Gasteiger partial charge in [-0.15, -0.1) is 0 Å². The molecule has 0 amide bonds. The zero-order valence-corrected chi connectivity index (χ0v) is 15.3. The second-order valence-electron chi connectivity index (χ2n) is 4.40. The second kappa shape index (κ2) is 6.33. The Labute approximate surface area is 149 Å². The number of halogens is 2. The summed E-state index contributed by atoms with van der Waals surface area (Å²) in [4.78, 5) is 0. The van der Waals surface area contributed by atoms with Gasteiger partial charge < -0.3 is 9.84 Å². The summed E-state index contributed by atoms with van der Waals surface area (Å²) in [6.07, 6.45) is 0. The number of rotatable bonds is 3. The van der Waals surface area contributed by atoms with Gasteiger partial charge in [-0.3, -0.25) is 0 Å². The molecule has 0 aliphatic carbocycles. The molecule has 0 atom stereocenters. The minimum Gasteiger partial charge on any atom is -0.381 e. The summed E-state index contributed by atoms with van der Waals surface area (Å²) < 4.78 is 8.17. The number of H-pyrrole nitrogens is 1. The van der Waals surface area contributed by atoms with Crippen molar-refractivity contribution in [1.82, 2.24) is 5.16 Å². The molecule has 1 heterocycles. The standard InChI is InChI=1S/C15H10BrIN2OS/c16-9-1-6-13(18-11-4-2-10(17)3-5-11)12(7-9)14-8-15(21)19-20-14/h1-8,18H,(H,19,21). The van der Waals surface area contributed by atoms with E-state index in [4.69, 9.17) is 16.7 Å². The lowest BCUT2D eigenvalue weighted by Gasteiger charge is -2.11. The van der Waals surface area contributed by atoms with Crippen LogP contribution in [0.25, 0.3) is 11.3 Å². The third kappa shape index (κ3) is 3.56. The minimum absolute atomic E-state index is 0.574. The maximum absolute atomic E-state index is 5.41. The summed E-state index contributed by atoms with van der Waals surface area (Å²) >= 11 is 10.8. The monoisotopic (exact) mass is 472 g/mol. The molecule has 0 aliphatic rings. The molecule has 0 saturated carbocycles. The van der Waals surface area contributed by atoms with Crippen molar-refractivity contribution >= 4 is 62.1 Å². The van der Waals surface area contributed by atoms with Crippen LogP contribution in [0.4, 0.5) is 11.4 Å². The van der Waals surface area contributed by atoms with E-state index in [1.54, 1.807) is 6.07 Å². The molecule has 2 aromatic carbocycles. The van der Waals surface area contributed by atoms with E-state index in [0.29, 0.717) is 10.4 Å². The Bertz CT molecular complexity index is 826. The molecular formula is C15H10BrIN2OS. The van der Waals surface area contributed by atoms with Gasteiger partial charge in [0.15, 0.2) is 5.76 Å². The molecule has 0 radical (unpaired) electrons. The van der Waals surface area contributed by atoms with Crippen molar-refractivity contribution in [2.24, 2.45) is 0 Å². The van der Waals surface area contributed by atoms with Gasteiger partial charge in [-0.1, -0.05) is 28.1 Å². The third-order valence-electron chi connectivity index (χ3n) is 2.89. The molecule has 106 valence electrons. The van der Waals surface area contributed by atoms with Crippen molar-refractivity contribution < 1.29 is 4.52 Å². The Kier molecular flexibility index (Phi) is 4.46. The zero-order chi connectivity index (χ0) is 14.8. The first-order valence-electron chi connectivity index (χ1n) is 6.13. The van der Waals surface area contributed by atoms with Crippen LogP contribution < -0.4 is 5.32 Å². The van der Waals surface area contributed by atoms with Crippen LogP contribution in [0.2, 0.25) is 0 Å². The zero-order valence-electron chi connectivity index (χ0n) is 10.7. The van der Waals surface area contributed by atoms with Crippen molar-refractivity contribution in [2.45, 2.75) is 0 Å². The number of benzene rings is 2. The van der Waals surface area contributed by atoms with Crippen molar-refractivity contribution in [3.05, 3.63) is 61.2 Å². The highest BCUT2D eigenvalue weighted by Crippen LogP contribution is 2.33. The van der Waals surface area contributed by atoms with E-state index < -0.39 is 0 Å². The Morgan fingerprint density at radius 1 is 1.10 bits per heavy atom. The van der Waals surface area contributed by atoms with E-state index >= 15 is 0 Å². The van der Waals surface area contributed by atoms with E-state index in [1.165, 1.54) is 3.57 Å². The molecule has 1 aromatic heterocycles. The highest BCUT2D eigenvalue weighted by molar-refractivity contribution is 14.1. The molecule has 3 nitrogen and oxygen atoms in total. The Morgan fingerprint density at radius 3 is 2.52 bits per heavy atom. The predicted molar refractivity (Wildman–Crippen MR) is 99.5 cm³/mol. The SMILES string of the molecule is S=c1cc(-c2cc(Br)ccc2Nc2ccc(I)cc2)o[nH]1. The molecule has 0 unspecified atom stereocenters. The number of hydrogen-bond acceptors (Lipinski definition) is 3. The van der Waals surface area contributed by atoms with Gasteiger partial charge in [0.25, 0.3) is 0 Å². The highest BCUT2D eigenvalue weighted by Gasteiger charge is 2.10. The molecule has 0 fully saturated rings. The Morgan fingerprint density at radius 2 is 1.86 bits per heavy atom. The van der Waals surface area contributed by atoms with E-state index in [0.717, 1.165) is 21.4 Å². The van der Waals surface area contributed by atoms with Crippen LogP contribution in [-0.2, 0) is 0 Å². The van der Waals surface area contributed by atoms with Crippen molar-refractivity contribution in [1.29, 1.82) is 0 Å². The van der Waals surface area contributed by atoms with Gasteiger partial charge in [0.1, 0.15) is 4.64 Å². The third-order valence-corrected chi connectivity index (χ3v) is 4.31. The van der Waals surface area contributed by atoms with Gasteiger partial charge in [0, 0.05) is 31.0 Å². The summed E-state index contributed by atoms with van der Waals surface area (Å²) in [6, 6.07) is 16.0.